The molecule has 1 saturated heterocycles. The number of anilines is 2. The van der Waals surface area contributed by atoms with E-state index in [4.69, 9.17) is 4.74 Å². The highest BCUT2D eigenvalue weighted by atomic mass is 16.5. The van der Waals surface area contributed by atoms with Crippen LogP contribution in [0.15, 0.2) is 36.4 Å². The molecule has 1 amide bonds. The van der Waals surface area contributed by atoms with Gasteiger partial charge in [0, 0.05) is 25.2 Å². The lowest BCUT2D eigenvalue weighted by Crippen LogP contribution is -2.30. The Morgan fingerprint density at radius 3 is 2.47 bits per heavy atom. The van der Waals surface area contributed by atoms with Gasteiger partial charge < -0.3 is 15.0 Å². The van der Waals surface area contributed by atoms with E-state index in [1.807, 2.05) is 54.9 Å². The lowest BCUT2D eigenvalue weighted by Gasteiger charge is -2.27. The zero-order chi connectivity index (χ0) is 22.5. The van der Waals surface area contributed by atoms with Gasteiger partial charge in [0.25, 0.3) is 0 Å². The van der Waals surface area contributed by atoms with E-state index in [1.165, 1.54) is 19.3 Å². The monoisotopic (exact) mass is 434 g/mol. The molecule has 1 fully saturated rings. The lowest BCUT2D eigenvalue weighted by molar-refractivity contribution is -0.116. The first kappa shape index (κ1) is 21.8. The Labute approximate surface area is 188 Å². The number of amides is 1. The molecule has 1 aromatic carbocycles. The van der Waals surface area contributed by atoms with Crippen LogP contribution in [0.25, 0.3) is 5.82 Å². The Morgan fingerprint density at radius 2 is 1.75 bits per heavy atom. The van der Waals surface area contributed by atoms with Gasteiger partial charge in [-0.15, -0.1) is 10.2 Å². The summed E-state index contributed by atoms with van der Waals surface area (Å²) in [4.78, 5) is 14.8. The number of ether oxygens (including phenoxy) is 1. The molecule has 168 valence electrons. The van der Waals surface area contributed by atoms with Crippen molar-refractivity contribution >= 4 is 17.4 Å². The fourth-order valence-electron chi connectivity index (χ4n) is 4.18. The molecule has 0 unspecified atom stereocenters. The number of aromatic nitrogens is 4. The zero-order valence-electron chi connectivity index (χ0n) is 19.0. The number of benzene rings is 1. The van der Waals surface area contributed by atoms with E-state index >= 15 is 0 Å². The summed E-state index contributed by atoms with van der Waals surface area (Å²) in [6, 6.07) is 11.4. The summed E-state index contributed by atoms with van der Waals surface area (Å²) in [5, 5.41) is 16.4. The number of methoxy groups -OCH3 is 1. The molecule has 0 bridgehead atoms. The molecular formula is C24H30N6O2. The van der Waals surface area contributed by atoms with Gasteiger partial charge in [0.05, 0.1) is 18.5 Å². The Bertz CT molecular complexity index is 1070. The lowest BCUT2D eigenvalue weighted by atomic mass is 10.1. The van der Waals surface area contributed by atoms with Crippen LogP contribution in [0, 0.1) is 13.8 Å². The van der Waals surface area contributed by atoms with Crippen molar-refractivity contribution in [2.45, 2.75) is 46.0 Å². The molecule has 0 saturated carbocycles. The van der Waals surface area contributed by atoms with Crippen LogP contribution < -0.4 is 15.0 Å². The molecule has 4 rings (SSSR count). The molecule has 3 aromatic rings. The third-order valence-corrected chi connectivity index (χ3v) is 5.96. The number of nitrogens with zero attached hydrogens (tertiary/aromatic N) is 5. The van der Waals surface area contributed by atoms with Crippen LogP contribution in [0.5, 0.6) is 5.75 Å². The standard InChI is InChI=1S/C24H30N6O2/c1-17-19(11-14-24(31)25-20-9-5-6-10-21(20)32-3)18(2)30(28-17)23-13-12-22(26-27-23)29-15-7-4-8-16-29/h5-6,9-10,12-13H,4,7-8,11,14-16H2,1-3H3,(H,25,31). The summed E-state index contributed by atoms with van der Waals surface area (Å²) < 4.78 is 7.12. The van der Waals surface area contributed by atoms with Gasteiger partial charge in [-0.05, 0) is 69.4 Å². The second-order valence-electron chi connectivity index (χ2n) is 8.11. The topological polar surface area (TPSA) is 85.2 Å². The molecule has 8 nitrogen and oxygen atoms in total. The number of carbonyl (C=O) groups is 1. The summed E-state index contributed by atoms with van der Waals surface area (Å²) in [6.07, 6.45) is 4.64. The first-order valence-electron chi connectivity index (χ1n) is 11.1. The average molecular weight is 435 g/mol. The average Bonchev–Trinajstić information content (AvgIpc) is 3.12. The van der Waals surface area contributed by atoms with Crippen LogP contribution in [0.3, 0.4) is 0 Å². The second-order valence-corrected chi connectivity index (χ2v) is 8.11. The molecule has 1 N–H and O–H groups in total. The van der Waals surface area contributed by atoms with E-state index in [-0.39, 0.29) is 5.91 Å². The van der Waals surface area contributed by atoms with Gasteiger partial charge in [-0.25, -0.2) is 4.68 Å². The van der Waals surface area contributed by atoms with Crippen molar-refractivity contribution in [3.8, 4) is 11.6 Å². The number of rotatable bonds is 7. The van der Waals surface area contributed by atoms with E-state index in [2.05, 4.69) is 25.5 Å². The SMILES string of the molecule is COc1ccccc1NC(=O)CCc1c(C)nn(-c2ccc(N3CCCCC3)nn2)c1C. The smallest absolute Gasteiger partial charge is 0.224 e. The van der Waals surface area contributed by atoms with Crippen LogP contribution in [0.1, 0.15) is 42.6 Å². The van der Waals surface area contributed by atoms with Gasteiger partial charge in [-0.2, -0.15) is 5.10 Å². The first-order chi connectivity index (χ1) is 15.6. The van der Waals surface area contributed by atoms with Gasteiger partial charge in [0.1, 0.15) is 5.75 Å². The fourth-order valence-corrected chi connectivity index (χ4v) is 4.18. The Morgan fingerprint density at radius 1 is 1.03 bits per heavy atom. The van der Waals surface area contributed by atoms with Crippen molar-refractivity contribution in [2.75, 3.05) is 30.4 Å². The first-order valence-corrected chi connectivity index (χ1v) is 11.1. The van der Waals surface area contributed by atoms with E-state index in [0.717, 1.165) is 35.9 Å². The summed E-state index contributed by atoms with van der Waals surface area (Å²) in [5.74, 6) is 2.19. The number of para-hydroxylation sites is 2. The third-order valence-electron chi connectivity index (χ3n) is 5.96. The van der Waals surface area contributed by atoms with Gasteiger partial charge in [-0.1, -0.05) is 12.1 Å². The van der Waals surface area contributed by atoms with Crippen LogP contribution in [0.2, 0.25) is 0 Å². The van der Waals surface area contributed by atoms with Crippen molar-refractivity contribution in [1.82, 2.24) is 20.0 Å². The molecular weight excluding hydrogens is 404 g/mol. The zero-order valence-corrected chi connectivity index (χ0v) is 19.0. The largest absolute Gasteiger partial charge is 0.495 e. The fraction of sp³-hybridized carbons (Fsp3) is 0.417. The highest BCUT2D eigenvalue weighted by molar-refractivity contribution is 5.92. The third kappa shape index (κ3) is 4.74. The maximum absolute atomic E-state index is 12.5. The minimum atomic E-state index is -0.0632. The summed E-state index contributed by atoms with van der Waals surface area (Å²) >= 11 is 0. The predicted octanol–water partition coefficient (Wildman–Crippen LogP) is 3.85. The van der Waals surface area contributed by atoms with Crippen molar-refractivity contribution in [2.24, 2.45) is 0 Å². The van der Waals surface area contributed by atoms with E-state index in [1.54, 1.807) is 7.11 Å². The van der Waals surface area contributed by atoms with Crippen molar-refractivity contribution in [3.05, 3.63) is 53.3 Å². The van der Waals surface area contributed by atoms with Gasteiger partial charge in [0.15, 0.2) is 11.6 Å². The molecule has 2 aromatic heterocycles. The van der Waals surface area contributed by atoms with Crippen molar-refractivity contribution in [1.29, 1.82) is 0 Å². The molecule has 0 radical (unpaired) electrons. The molecule has 3 heterocycles. The second kappa shape index (κ2) is 9.80. The van der Waals surface area contributed by atoms with Crippen LogP contribution >= 0.6 is 0 Å². The Balaban J connectivity index is 1.43. The minimum absolute atomic E-state index is 0.0632. The quantitative estimate of drug-likeness (QED) is 0.608. The Hall–Kier alpha value is -3.42. The summed E-state index contributed by atoms with van der Waals surface area (Å²) in [7, 11) is 1.59. The van der Waals surface area contributed by atoms with Crippen molar-refractivity contribution in [3.63, 3.8) is 0 Å². The number of aryl methyl sites for hydroxylation is 1. The molecule has 32 heavy (non-hydrogen) atoms. The van der Waals surface area contributed by atoms with Crippen LogP contribution in [0.4, 0.5) is 11.5 Å². The number of hydrogen-bond donors (Lipinski definition) is 1. The van der Waals surface area contributed by atoms with Crippen LogP contribution in [-0.4, -0.2) is 46.1 Å². The summed E-state index contributed by atoms with van der Waals surface area (Å²) in [6.45, 7) is 6.05. The highest BCUT2D eigenvalue weighted by Crippen LogP contribution is 2.24. The minimum Gasteiger partial charge on any atom is -0.495 e. The van der Waals surface area contributed by atoms with E-state index in [0.29, 0.717) is 30.1 Å². The number of hydrogen-bond acceptors (Lipinski definition) is 6. The van der Waals surface area contributed by atoms with Gasteiger partial charge in [0.2, 0.25) is 5.91 Å². The van der Waals surface area contributed by atoms with Gasteiger partial charge >= 0.3 is 0 Å². The number of carbonyl (C=O) groups excluding carboxylic acids is 1. The van der Waals surface area contributed by atoms with Crippen LogP contribution in [-0.2, 0) is 11.2 Å². The molecule has 0 spiro atoms. The predicted molar refractivity (Wildman–Crippen MR) is 125 cm³/mol. The summed E-state index contributed by atoms with van der Waals surface area (Å²) in [5.41, 5.74) is 3.61. The van der Waals surface area contributed by atoms with E-state index < -0.39 is 0 Å². The molecule has 0 atom stereocenters. The molecule has 1 aliphatic heterocycles. The van der Waals surface area contributed by atoms with Gasteiger partial charge in [-0.3, -0.25) is 4.79 Å². The Kier molecular flexibility index (Phi) is 6.68. The normalized spacial score (nSPS) is 13.8. The van der Waals surface area contributed by atoms with E-state index in [9.17, 15) is 4.79 Å². The number of nitrogens with one attached hydrogen (secondary N) is 1. The maximum atomic E-state index is 12.5. The highest BCUT2D eigenvalue weighted by Gasteiger charge is 2.17. The maximum Gasteiger partial charge on any atom is 0.224 e. The molecule has 1 aliphatic rings. The molecule has 0 aliphatic carbocycles. The molecule has 8 heteroatoms. The van der Waals surface area contributed by atoms with Crippen molar-refractivity contribution < 1.29 is 9.53 Å². The number of piperidine rings is 1.